The Hall–Kier alpha value is -7.05. The maximum absolute atomic E-state index is 6.51. The Bertz CT molecular complexity index is 3120. The first kappa shape index (κ1) is 28.8. The van der Waals surface area contributed by atoms with Gasteiger partial charge in [0, 0.05) is 49.8 Å². The first-order valence-corrected chi connectivity index (χ1v) is 17.4. The van der Waals surface area contributed by atoms with Gasteiger partial charge in [-0.15, -0.1) is 0 Å². The summed E-state index contributed by atoms with van der Waals surface area (Å²) in [6.45, 7) is 0. The minimum Gasteiger partial charge on any atom is -0.456 e. The largest absolute Gasteiger partial charge is 0.456 e. The molecule has 0 amide bonds. The highest BCUT2D eigenvalue weighted by Gasteiger charge is 2.27. The normalized spacial score (nSPS) is 14.7. The fourth-order valence-electron chi connectivity index (χ4n) is 7.85. The van der Waals surface area contributed by atoms with Gasteiger partial charge in [-0.05, 0) is 58.3 Å². The number of hydrogen-bond acceptors (Lipinski definition) is 6. The first-order chi connectivity index (χ1) is 25.8. The van der Waals surface area contributed by atoms with Gasteiger partial charge in [0.25, 0.3) is 0 Å². The number of nitrogens with zero attached hydrogens (tertiary/aromatic N) is 3. The summed E-state index contributed by atoms with van der Waals surface area (Å²) < 4.78 is 12.8. The Morgan fingerprint density at radius 1 is 0.519 bits per heavy atom. The third-order valence-electron chi connectivity index (χ3n) is 10.2. The van der Waals surface area contributed by atoms with Gasteiger partial charge < -0.3 is 14.2 Å². The molecular weight excluding hydrogens is 641 g/mol. The molecule has 0 spiro atoms. The molecule has 0 aliphatic carbocycles. The Morgan fingerprint density at radius 2 is 1.27 bits per heavy atom. The summed E-state index contributed by atoms with van der Waals surface area (Å²) in [5.74, 6) is 1.40. The number of aliphatic imine (C=N–C) groups is 2. The first-order valence-electron chi connectivity index (χ1n) is 17.4. The molecule has 4 heterocycles. The van der Waals surface area contributed by atoms with Crippen LogP contribution in [0.25, 0.3) is 76.7 Å². The van der Waals surface area contributed by atoms with E-state index >= 15 is 0 Å². The van der Waals surface area contributed by atoms with Crippen LogP contribution in [-0.4, -0.2) is 16.7 Å². The second-order valence-electron chi connectivity index (χ2n) is 13.2. The highest BCUT2D eigenvalue weighted by Crippen LogP contribution is 2.42. The van der Waals surface area contributed by atoms with E-state index in [0.29, 0.717) is 5.84 Å². The van der Waals surface area contributed by atoms with Gasteiger partial charge in [-0.25, -0.2) is 9.98 Å². The Labute approximate surface area is 297 Å². The standard InChI is InChI=1S/C46H28N4O2/c1-2-12-28(13-3-1)44-48-45(34-18-9-21-39-42(34)33-16-6-7-19-37(33)51-39)50-46(49-44)43-30-15-5-4-11-27(30)22-23-32(43)31-17-8-20-38-41(31)35-26-36-29(14-10-24-47-36)25-40(35)52-38/h1-26,45H,(H,48,49,50). The molecule has 6 heteroatoms. The average molecular weight is 669 g/mol. The van der Waals surface area contributed by atoms with Crippen LogP contribution in [0.4, 0.5) is 0 Å². The molecule has 3 aromatic heterocycles. The quantitative estimate of drug-likeness (QED) is 0.202. The maximum Gasteiger partial charge on any atom is 0.159 e. The van der Waals surface area contributed by atoms with Crippen LogP contribution in [0, 0.1) is 0 Å². The van der Waals surface area contributed by atoms with Crippen molar-refractivity contribution in [2.45, 2.75) is 6.17 Å². The van der Waals surface area contributed by atoms with Crippen molar-refractivity contribution < 1.29 is 8.83 Å². The predicted molar refractivity (Wildman–Crippen MR) is 211 cm³/mol. The van der Waals surface area contributed by atoms with Crippen molar-refractivity contribution >= 4 is 77.2 Å². The zero-order chi connectivity index (χ0) is 34.2. The SMILES string of the molecule is c1ccc(C2=NC(c3cccc4oc5ccccc5c34)NC(c3c(-c4cccc5oc6cc7cccnc7cc6c45)ccc4ccccc34)=N2)cc1. The molecule has 0 fully saturated rings. The van der Waals surface area contributed by atoms with Gasteiger partial charge in [-0.3, -0.25) is 4.98 Å². The monoisotopic (exact) mass is 668 g/mol. The molecule has 1 atom stereocenters. The van der Waals surface area contributed by atoms with Crippen molar-refractivity contribution in [3.05, 3.63) is 175 Å². The van der Waals surface area contributed by atoms with Crippen molar-refractivity contribution in [3.8, 4) is 11.1 Å². The lowest BCUT2D eigenvalue weighted by Gasteiger charge is -2.26. The topological polar surface area (TPSA) is 75.9 Å². The molecule has 1 N–H and O–H groups in total. The van der Waals surface area contributed by atoms with Crippen molar-refractivity contribution in [3.63, 3.8) is 0 Å². The second kappa shape index (κ2) is 11.2. The number of hydrogen-bond donors (Lipinski definition) is 1. The van der Waals surface area contributed by atoms with Gasteiger partial charge in [-0.2, -0.15) is 0 Å². The summed E-state index contributed by atoms with van der Waals surface area (Å²) in [6, 6.07) is 52.0. The summed E-state index contributed by atoms with van der Waals surface area (Å²) in [6.07, 6.45) is 1.39. The molecule has 244 valence electrons. The summed E-state index contributed by atoms with van der Waals surface area (Å²) in [7, 11) is 0. The van der Waals surface area contributed by atoms with E-state index < -0.39 is 6.17 Å². The third-order valence-corrected chi connectivity index (χ3v) is 10.2. The van der Waals surface area contributed by atoms with Crippen molar-refractivity contribution in [2.75, 3.05) is 0 Å². The molecule has 1 unspecified atom stereocenters. The number of furan rings is 2. The minimum atomic E-state index is -0.442. The number of rotatable bonds is 4. The molecule has 0 saturated carbocycles. The number of amidine groups is 2. The van der Waals surface area contributed by atoms with Gasteiger partial charge in [0.1, 0.15) is 34.3 Å². The number of benzene rings is 7. The smallest absolute Gasteiger partial charge is 0.159 e. The van der Waals surface area contributed by atoms with Crippen LogP contribution in [-0.2, 0) is 0 Å². The van der Waals surface area contributed by atoms with E-state index in [9.17, 15) is 0 Å². The average Bonchev–Trinajstić information content (AvgIpc) is 3.77. The van der Waals surface area contributed by atoms with Crippen LogP contribution >= 0.6 is 0 Å². The van der Waals surface area contributed by atoms with E-state index in [1.54, 1.807) is 0 Å². The minimum absolute atomic E-state index is 0.442. The van der Waals surface area contributed by atoms with Crippen molar-refractivity contribution in [1.29, 1.82) is 0 Å². The van der Waals surface area contributed by atoms with E-state index in [-0.39, 0.29) is 0 Å². The van der Waals surface area contributed by atoms with E-state index in [1.165, 1.54) is 0 Å². The summed E-state index contributed by atoms with van der Waals surface area (Å²) in [5, 5.41) is 11.2. The van der Waals surface area contributed by atoms with Crippen molar-refractivity contribution in [2.24, 2.45) is 9.98 Å². The number of nitrogens with one attached hydrogen (secondary N) is 1. The zero-order valence-corrected chi connectivity index (χ0v) is 27.7. The highest BCUT2D eigenvalue weighted by atomic mass is 16.3. The van der Waals surface area contributed by atoms with E-state index in [0.717, 1.165) is 99.2 Å². The molecule has 0 saturated heterocycles. The lowest BCUT2D eigenvalue weighted by molar-refractivity contribution is 0.662. The Morgan fingerprint density at radius 3 is 2.19 bits per heavy atom. The van der Waals surface area contributed by atoms with E-state index in [2.05, 4.69) is 107 Å². The molecular formula is C46H28N4O2. The number of aromatic nitrogens is 1. The van der Waals surface area contributed by atoms with Gasteiger partial charge in [0.05, 0.1) is 5.52 Å². The summed E-state index contributed by atoms with van der Waals surface area (Å²) in [5.41, 5.74) is 9.31. The molecule has 52 heavy (non-hydrogen) atoms. The Balaban J connectivity index is 1.18. The van der Waals surface area contributed by atoms with Gasteiger partial charge >= 0.3 is 0 Å². The van der Waals surface area contributed by atoms with Crippen molar-refractivity contribution in [1.82, 2.24) is 10.3 Å². The van der Waals surface area contributed by atoms with Crippen LogP contribution in [0.15, 0.2) is 177 Å². The van der Waals surface area contributed by atoms with Crippen LogP contribution in [0.5, 0.6) is 0 Å². The fraction of sp³-hybridized carbons (Fsp3) is 0.0217. The van der Waals surface area contributed by atoms with Crippen LogP contribution in [0.3, 0.4) is 0 Å². The number of fused-ring (bicyclic) bond motifs is 8. The van der Waals surface area contributed by atoms with E-state index in [1.807, 2.05) is 60.8 Å². The molecule has 11 rings (SSSR count). The van der Waals surface area contributed by atoms with Gasteiger partial charge in [0.15, 0.2) is 5.84 Å². The zero-order valence-electron chi connectivity index (χ0n) is 27.7. The molecule has 1 aliphatic heterocycles. The molecule has 0 radical (unpaired) electrons. The third kappa shape index (κ3) is 4.41. The van der Waals surface area contributed by atoms with Gasteiger partial charge in [-0.1, -0.05) is 115 Å². The number of para-hydroxylation sites is 1. The number of pyridine rings is 1. The van der Waals surface area contributed by atoms with Gasteiger partial charge in [0.2, 0.25) is 0 Å². The summed E-state index contributed by atoms with van der Waals surface area (Å²) >= 11 is 0. The van der Waals surface area contributed by atoms with Crippen LogP contribution < -0.4 is 5.32 Å². The van der Waals surface area contributed by atoms with Crippen LogP contribution in [0.2, 0.25) is 0 Å². The molecule has 0 bridgehead atoms. The second-order valence-corrected chi connectivity index (χ2v) is 13.2. The predicted octanol–water partition coefficient (Wildman–Crippen LogP) is 11.3. The molecule has 7 aromatic carbocycles. The fourth-order valence-corrected chi connectivity index (χ4v) is 7.85. The lowest BCUT2D eigenvalue weighted by atomic mass is 9.90. The molecule has 6 nitrogen and oxygen atoms in total. The van der Waals surface area contributed by atoms with E-state index in [4.69, 9.17) is 18.8 Å². The van der Waals surface area contributed by atoms with Crippen LogP contribution in [0.1, 0.15) is 22.9 Å². The molecule has 10 aromatic rings. The summed E-state index contributed by atoms with van der Waals surface area (Å²) in [4.78, 5) is 15.3. The lowest BCUT2D eigenvalue weighted by Crippen LogP contribution is -2.34. The maximum atomic E-state index is 6.51. The highest BCUT2D eigenvalue weighted by molar-refractivity contribution is 6.23. The molecule has 1 aliphatic rings. The Kier molecular flexibility index (Phi) is 6.21.